The first-order valence-corrected chi connectivity index (χ1v) is 10.9. The monoisotopic (exact) mass is 417 g/mol. The van der Waals surface area contributed by atoms with Gasteiger partial charge in [0, 0.05) is 25.7 Å². The van der Waals surface area contributed by atoms with Gasteiger partial charge < -0.3 is 10.2 Å². The smallest absolute Gasteiger partial charge is 0.264 e. The maximum atomic E-state index is 13.0. The molecule has 1 N–H and O–H groups in total. The van der Waals surface area contributed by atoms with E-state index in [-0.39, 0.29) is 16.2 Å². The Labute approximate surface area is 174 Å². The van der Waals surface area contributed by atoms with Crippen LogP contribution in [0.2, 0.25) is 0 Å². The number of nitrogens with one attached hydrogen (secondary N) is 1. The minimum atomic E-state index is -3.77. The molecule has 0 saturated heterocycles. The fourth-order valence-electron chi connectivity index (χ4n) is 3.18. The van der Waals surface area contributed by atoms with Crippen LogP contribution in [0, 0.1) is 12.3 Å². The molecule has 0 aliphatic rings. The molecule has 29 heavy (non-hydrogen) atoms. The summed E-state index contributed by atoms with van der Waals surface area (Å²) in [5.41, 5.74) is 1.84. The number of amides is 1. The first-order chi connectivity index (χ1) is 13.4. The number of anilines is 1. The average molecular weight is 418 g/mol. The van der Waals surface area contributed by atoms with Crippen LogP contribution in [0.25, 0.3) is 0 Å². The molecule has 0 bridgehead atoms. The molecule has 0 atom stereocenters. The Morgan fingerprint density at radius 2 is 1.66 bits per heavy atom. The maximum Gasteiger partial charge on any atom is 0.264 e. The summed E-state index contributed by atoms with van der Waals surface area (Å²) in [5.74, 6) is -0.285. The van der Waals surface area contributed by atoms with Gasteiger partial charge in [-0.05, 0) is 56.8 Å². The van der Waals surface area contributed by atoms with Crippen LogP contribution >= 0.6 is 0 Å². The summed E-state index contributed by atoms with van der Waals surface area (Å²) in [6.07, 6.45) is 0. The zero-order chi connectivity index (χ0) is 21.8. The Morgan fingerprint density at radius 1 is 1.03 bits per heavy atom. The molecule has 6 nitrogen and oxygen atoms in total. The third-order valence-corrected chi connectivity index (χ3v) is 6.41. The lowest BCUT2D eigenvalue weighted by molar-refractivity contribution is 0.0929. The lowest BCUT2D eigenvalue weighted by Crippen LogP contribution is -2.40. The lowest BCUT2D eigenvalue weighted by Gasteiger charge is -2.28. The van der Waals surface area contributed by atoms with Crippen molar-refractivity contribution in [2.45, 2.75) is 25.7 Å². The van der Waals surface area contributed by atoms with Crippen LogP contribution in [0.1, 0.15) is 29.8 Å². The molecule has 0 radical (unpaired) electrons. The quantitative estimate of drug-likeness (QED) is 0.716. The molecule has 0 heterocycles. The Bertz CT molecular complexity index is 952. The first kappa shape index (κ1) is 22.9. The maximum absolute atomic E-state index is 13.0. The van der Waals surface area contributed by atoms with Gasteiger partial charge >= 0.3 is 0 Å². The van der Waals surface area contributed by atoms with Gasteiger partial charge in [0.05, 0.1) is 10.6 Å². The Hall–Kier alpha value is -2.38. The van der Waals surface area contributed by atoms with E-state index >= 15 is 0 Å². The number of sulfonamides is 1. The Morgan fingerprint density at radius 3 is 2.24 bits per heavy atom. The van der Waals surface area contributed by atoms with Crippen molar-refractivity contribution >= 4 is 21.6 Å². The third kappa shape index (κ3) is 6.05. The van der Waals surface area contributed by atoms with E-state index in [1.54, 1.807) is 24.3 Å². The highest BCUT2D eigenvalue weighted by atomic mass is 32.2. The predicted molar refractivity (Wildman–Crippen MR) is 118 cm³/mol. The Balaban J connectivity index is 2.19. The summed E-state index contributed by atoms with van der Waals surface area (Å²) >= 11 is 0. The number of hydrogen-bond donors (Lipinski definition) is 1. The van der Waals surface area contributed by atoms with Crippen LogP contribution in [0.5, 0.6) is 0 Å². The highest BCUT2D eigenvalue weighted by molar-refractivity contribution is 7.92. The fraction of sp³-hybridized carbons (Fsp3) is 0.409. The summed E-state index contributed by atoms with van der Waals surface area (Å²) in [6.45, 7) is 7.41. The van der Waals surface area contributed by atoms with Crippen molar-refractivity contribution in [2.75, 3.05) is 38.5 Å². The second-order valence-electron chi connectivity index (χ2n) is 8.42. The molecule has 158 valence electrons. The normalized spacial score (nSPS) is 12.1. The molecule has 2 aromatic rings. The van der Waals surface area contributed by atoms with E-state index in [4.69, 9.17) is 0 Å². The average Bonchev–Trinajstić information content (AvgIpc) is 2.65. The minimum Gasteiger partial charge on any atom is -0.351 e. The number of benzene rings is 2. The molecule has 0 aliphatic carbocycles. The molecule has 0 aromatic heterocycles. The minimum absolute atomic E-state index is 0.0841. The van der Waals surface area contributed by atoms with E-state index in [1.807, 2.05) is 33.2 Å². The zero-order valence-electron chi connectivity index (χ0n) is 18.1. The molecule has 0 unspecified atom stereocenters. The van der Waals surface area contributed by atoms with Crippen LogP contribution in [-0.4, -0.2) is 53.5 Å². The van der Waals surface area contributed by atoms with Crippen molar-refractivity contribution < 1.29 is 13.2 Å². The van der Waals surface area contributed by atoms with Crippen molar-refractivity contribution in [1.82, 2.24) is 10.2 Å². The van der Waals surface area contributed by atoms with Crippen LogP contribution in [0.3, 0.4) is 0 Å². The summed E-state index contributed by atoms with van der Waals surface area (Å²) in [5, 5.41) is 2.92. The van der Waals surface area contributed by atoms with E-state index < -0.39 is 10.0 Å². The molecule has 0 aliphatic heterocycles. The summed E-state index contributed by atoms with van der Waals surface area (Å²) < 4.78 is 27.3. The number of aryl methyl sites for hydroxylation is 1. The third-order valence-electron chi connectivity index (χ3n) is 4.62. The van der Waals surface area contributed by atoms with Gasteiger partial charge in [0.1, 0.15) is 0 Å². The van der Waals surface area contributed by atoms with Crippen molar-refractivity contribution in [2.24, 2.45) is 5.41 Å². The van der Waals surface area contributed by atoms with Crippen molar-refractivity contribution in [3.8, 4) is 0 Å². The van der Waals surface area contributed by atoms with Gasteiger partial charge in [-0.1, -0.05) is 37.6 Å². The molecule has 1 amide bonds. The van der Waals surface area contributed by atoms with E-state index in [1.165, 1.54) is 23.5 Å². The van der Waals surface area contributed by atoms with Gasteiger partial charge in [0.25, 0.3) is 15.9 Å². The van der Waals surface area contributed by atoms with Crippen LogP contribution in [0.4, 0.5) is 5.69 Å². The highest BCUT2D eigenvalue weighted by Crippen LogP contribution is 2.23. The molecule has 7 heteroatoms. The zero-order valence-corrected chi connectivity index (χ0v) is 18.9. The van der Waals surface area contributed by atoms with Gasteiger partial charge in [-0.25, -0.2) is 8.42 Å². The predicted octanol–water partition coefficient (Wildman–Crippen LogP) is 3.14. The molecule has 0 fully saturated rings. The van der Waals surface area contributed by atoms with Crippen LogP contribution in [0.15, 0.2) is 53.4 Å². The molecule has 2 aromatic carbocycles. The standard InChI is InChI=1S/C22H31N3O3S/c1-17-10-12-19(13-11-17)25(6)29(27,28)20-9-7-8-18(14-20)21(26)23-15-22(2,3)16-24(4)5/h7-14H,15-16H2,1-6H3,(H,23,26). The SMILES string of the molecule is Cc1ccc(N(C)S(=O)(=O)c2cccc(C(=O)NCC(C)(C)CN(C)C)c2)cc1. The number of rotatable bonds is 8. The van der Waals surface area contributed by atoms with Gasteiger partial charge in [-0.3, -0.25) is 9.10 Å². The second-order valence-corrected chi connectivity index (χ2v) is 10.4. The molecule has 0 saturated carbocycles. The topological polar surface area (TPSA) is 69.7 Å². The number of nitrogens with zero attached hydrogens (tertiary/aromatic N) is 2. The van der Waals surface area contributed by atoms with Gasteiger partial charge in [-0.15, -0.1) is 0 Å². The van der Waals surface area contributed by atoms with Crippen molar-refractivity contribution in [1.29, 1.82) is 0 Å². The molecule has 2 rings (SSSR count). The van der Waals surface area contributed by atoms with Crippen molar-refractivity contribution in [3.05, 3.63) is 59.7 Å². The second kappa shape index (κ2) is 8.97. The highest BCUT2D eigenvalue weighted by Gasteiger charge is 2.24. The van der Waals surface area contributed by atoms with Gasteiger partial charge in [0.15, 0.2) is 0 Å². The number of hydrogen-bond acceptors (Lipinski definition) is 4. The number of carbonyl (C=O) groups is 1. The van der Waals surface area contributed by atoms with E-state index in [2.05, 4.69) is 24.1 Å². The van der Waals surface area contributed by atoms with Gasteiger partial charge in [0.2, 0.25) is 0 Å². The van der Waals surface area contributed by atoms with E-state index in [0.29, 0.717) is 17.8 Å². The van der Waals surface area contributed by atoms with Crippen LogP contribution in [-0.2, 0) is 10.0 Å². The fourth-order valence-corrected chi connectivity index (χ4v) is 4.42. The van der Waals surface area contributed by atoms with Crippen molar-refractivity contribution in [3.63, 3.8) is 0 Å². The van der Waals surface area contributed by atoms with Gasteiger partial charge in [-0.2, -0.15) is 0 Å². The van der Waals surface area contributed by atoms with Crippen LogP contribution < -0.4 is 9.62 Å². The van der Waals surface area contributed by atoms with E-state index in [0.717, 1.165) is 12.1 Å². The summed E-state index contributed by atoms with van der Waals surface area (Å²) in [4.78, 5) is 14.8. The molecular formula is C22H31N3O3S. The largest absolute Gasteiger partial charge is 0.351 e. The lowest BCUT2D eigenvalue weighted by atomic mass is 9.93. The number of carbonyl (C=O) groups excluding carboxylic acids is 1. The summed E-state index contributed by atoms with van der Waals surface area (Å²) in [6, 6.07) is 13.4. The molecular weight excluding hydrogens is 386 g/mol. The molecule has 0 spiro atoms. The summed E-state index contributed by atoms with van der Waals surface area (Å²) in [7, 11) is 1.71. The Kier molecular flexibility index (Phi) is 7.08. The first-order valence-electron chi connectivity index (χ1n) is 9.51. The van der Waals surface area contributed by atoms with E-state index in [9.17, 15) is 13.2 Å².